The van der Waals surface area contributed by atoms with Crippen LogP contribution in [0.15, 0.2) is 0 Å². The topological polar surface area (TPSA) is 17.1 Å². The number of hydrogen-bond acceptors (Lipinski definition) is 1. The molecule has 0 aromatic carbocycles. The molecule has 0 radical (unpaired) electrons. The SMILES string of the molecule is C[N+]1(C(F)(F)F)CCCC(=O)C1. The number of hydrogen-bond donors (Lipinski definition) is 0. The van der Waals surface area contributed by atoms with Crippen LogP contribution in [0.1, 0.15) is 12.8 Å². The Morgan fingerprint density at radius 1 is 1.42 bits per heavy atom. The molecule has 12 heavy (non-hydrogen) atoms. The van der Waals surface area contributed by atoms with Crippen molar-refractivity contribution >= 4 is 5.78 Å². The normalized spacial score (nSPS) is 32.2. The number of quaternary nitrogens is 1. The maximum Gasteiger partial charge on any atom is 0.561 e. The molecule has 0 amide bonds. The Morgan fingerprint density at radius 3 is 2.33 bits per heavy atom. The number of likely N-dealkylation sites (N-methyl/N-ethyl adjacent to an activating group) is 1. The molecule has 0 spiro atoms. The highest BCUT2D eigenvalue weighted by Crippen LogP contribution is 2.31. The first-order valence-corrected chi connectivity index (χ1v) is 3.78. The van der Waals surface area contributed by atoms with E-state index in [4.69, 9.17) is 0 Å². The monoisotopic (exact) mass is 182 g/mol. The number of carbonyl (C=O) groups excluding carboxylic acids is 1. The summed E-state index contributed by atoms with van der Waals surface area (Å²) in [5.74, 6) is -0.291. The van der Waals surface area contributed by atoms with Gasteiger partial charge < -0.3 is 0 Å². The Morgan fingerprint density at radius 2 is 2.00 bits per heavy atom. The Balaban J connectivity index is 2.77. The van der Waals surface area contributed by atoms with Crippen LogP contribution in [0.25, 0.3) is 0 Å². The van der Waals surface area contributed by atoms with Crippen molar-refractivity contribution < 1.29 is 22.4 Å². The van der Waals surface area contributed by atoms with Gasteiger partial charge in [0.2, 0.25) is 0 Å². The molecule has 0 aromatic rings. The van der Waals surface area contributed by atoms with Gasteiger partial charge >= 0.3 is 6.30 Å². The van der Waals surface area contributed by atoms with Gasteiger partial charge in [0.15, 0.2) is 5.78 Å². The van der Waals surface area contributed by atoms with Gasteiger partial charge in [-0.15, -0.1) is 13.2 Å². The highest BCUT2D eigenvalue weighted by Gasteiger charge is 2.53. The smallest absolute Gasteiger partial charge is 0.293 e. The first kappa shape index (κ1) is 9.51. The zero-order chi connectivity index (χ0) is 9.41. The molecular formula is C7H11F3NO+. The number of likely N-dealkylation sites (tertiary alicyclic amines) is 1. The number of halogens is 3. The molecule has 5 heteroatoms. The third kappa shape index (κ3) is 1.60. The van der Waals surface area contributed by atoms with E-state index in [0.717, 1.165) is 7.05 Å². The molecule has 0 aliphatic carbocycles. The van der Waals surface area contributed by atoms with Gasteiger partial charge in [0, 0.05) is 12.8 Å². The lowest BCUT2D eigenvalue weighted by Crippen LogP contribution is -2.59. The second-order valence-electron chi connectivity index (χ2n) is 3.39. The minimum absolute atomic E-state index is 0.0231. The zero-order valence-electron chi connectivity index (χ0n) is 6.82. The zero-order valence-corrected chi connectivity index (χ0v) is 6.82. The highest BCUT2D eigenvalue weighted by atomic mass is 19.4. The fourth-order valence-corrected chi connectivity index (χ4v) is 1.39. The Labute approximate surface area is 68.6 Å². The third-order valence-electron chi connectivity index (χ3n) is 2.24. The molecule has 2 nitrogen and oxygen atoms in total. The van der Waals surface area contributed by atoms with E-state index in [9.17, 15) is 18.0 Å². The fraction of sp³-hybridized carbons (Fsp3) is 0.857. The molecule has 0 N–H and O–H groups in total. The molecule has 1 unspecified atom stereocenters. The molecule has 1 saturated heterocycles. The first-order chi connectivity index (χ1) is 5.35. The van der Waals surface area contributed by atoms with E-state index in [1.807, 2.05) is 0 Å². The number of rotatable bonds is 0. The molecule has 1 aliphatic rings. The van der Waals surface area contributed by atoms with E-state index in [-0.39, 0.29) is 12.3 Å². The van der Waals surface area contributed by atoms with Gasteiger partial charge in [-0.25, -0.2) is 4.48 Å². The molecule has 1 heterocycles. The molecule has 1 rings (SSSR count). The molecule has 0 bridgehead atoms. The Hall–Kier alpha value is -0.580. The van der Waals surface area contributed by atoms with E-state index in [2.05, 4.69) is 0 Å². The van der Waals surface area contributed by atoms with Gasteiger partial charge in [-0.05, 0) is 0 Å². The van der Waals surface area contributed by atoms with Crippen LogP contribution in [0.5, 0.6) is 0 Å². The summed E-state index contributed by atoms with van der Waals surface area (Å²) in [5, 5.41) is 0. The van der Waals surface area contributed by atoms with E-state index in [0.29, 0.717) is 12.8 Å². The van der Waals surface area contributed by atoms with Crippen molar-refractivity contribution in [3.63, 3.8) is 0 Å². The fourth-order valence-electron chi connectivity index (χ4n) is 1.39. The molecule has 0 saturated carbocycles. The van der Waals surface area contributed by atoms with Crippen LogP contribution < -0.4 is 0 Å². The van der Waals surface area contributed by atoms with Crippen molar-refractivity contribution in [2.24, 2.45) is 0 Å². The summed E-state index contributed by atoms with van der Waals surface area (Å²) >= 11 is 0. The van der Waals surface area contributed by atoms with Gasteiger partial charge in [0.25, 0.3) is 0 Å². The Bertz CT molecular complexity index is 201. The predicted molar refractivity (Wildman–Crippen MR) is 36.2 cm³/mol. The molecule has 0 aromatic heterocycles. The minimum Gasteiger partial charge on any atom is -0.293 e. The standard InChI is InChI=1S/C7H11F3NO/c1-11(7(8,9)10)4-2-3-6(12)5-11/h2-5H2,1H3/q+1. The average molecular weight is 182 g/mol. The van der Waals surface area contributed by atoms with Gasteiger partial charge in [0.1, 0.15) is 6.54 Å². The van der Waals surface area contributed by atoms with Crippen LogP contribution in [0.4, 0.5) is 13.2 Å². The van der Waals surface area contributed by atoms with Crippen LogP contribution in [-0.2, 0) is 4.79 Å². The summed E-state index contributed by atoms with van der Waals surface area (Å²) in [6.45, 7) is -0.376. The number of alkyl halides is 3. The lowest BCUT2D eigenvalue weighted by Gasteiger charge is -2.36. The van der Waals surface area contributed by atoms with E-state index in [1.54, 1.807) is 0 Å². The van der Waals surface area contributed by atoms with Crippen molar-refractivity contribution in [3.8, 4) is 0 Å². The maximum absolute atomic E-state index is 12.3. The molecule has 1 aliphatic heterocycles. The van der Waals surface area contributed by atoms with Gasteiger partial charge in [0.05, 0.1) is 13.6 Å². The van der Waals surface area contributed by atoms with E-state index in [1.165, 1.54) is 0 Å². The summed E-state index contributed by atoms with van der Waals surface area (Å²) in [4.78, 5) is 10.8. The summed E-state index contributed by atoms with van der Waals surface area (Å²) in [7, 11) is 1.07. The van der Waals surface area contributed by atoms with Crippen molar-refractivity contribution in [3.05, 3.63) is 0 Å². The van der Waals surface area contributed by atoms with E-state index >= 15 is 0 Å². The van der Waals surface area contributed by atoms with Crippen molar-refractivity contribution in [1.29, 1.82) is 0 Å². The summed E-state index contributed by atoms with van der Waals surface area (Å²) in [6.07, 6.45) is -3.66. The Kier molecular flexibility index (Phi) is 2.16. The maximum atomic E-state index is 12.3. The number of nitrogens with zero attached hydrogens (tertiary/aromatic N) is 1. The predicted octanol–water partition coefficient (Wildman–Crippen LogP) is 1.32. The molecule has 70 valence electrons. The van der Waals surface area contributed by atoms with Crippen LogP contribution in [0.3, 0.4) is 0 Å². The first-order valence-electron chi connectivity index (χ1n) is 3.78. The van der Waals surface area contributed by atoms with Crippen molar-refractivity contribution in [1.82, 2.24) is 0 Å². The van der Waals surface area contributed by atoms with Crippen LogP contribution >= 0.6 is 0 Å². The number of Topliss-reactive ketones (excluding diaryl/α,β-unsaturated/α-hetero) is 1. The number of ketones is 1. The lowest BCUT2D eigenvalue weighted by molar-refractivity contribution is -1.01. The van der Waals surface area contributed by atoms with Gasteiger partial charge in [-0.2, -0.15) is 0 Å². The van der Waals surface area contributed by atoms with Crippen LogP contribution in [-0.4, -0.2) is 36.7 Å². The molecule has 1 atom stereocenters. The summed E-state index contributed by atoms with van der Waals surface area (Å²) in [6, 6.07) is 0. The second-order valence-corrected chi connectivity index (χ2v) is 3.39. The van der Waals surface area contributed by atoms with Crippen LogP contribution in [0.2, 0.25) is 0 Å². The van der Waals surface area contributed by atoms with Crippen LogP contribution in [0, 0.1) is 0 Å². The number of piperidine rings is 1. The second kappa shape index (κ2) is 2.73. The molecule has 1 fully saturated rings. The molecular weight excluding hydrogens is 171 g/mol. The quantitative estimate of drug-likeness (QED) is 0.408. The summed E-state index contributed by atoms with van der Waals surface area (Å²) < 4.78 is 35.9. The average Bonchev–Trinajstić information content (AvgIpc) is 1.83. The van der Waals surface area contributed by atoms with Gasteiger partial charge in [-0.3, -0.25) is 4.79 Å². The largest absolute Gasteiger partial charge is 0.561 e. The minimum atomic E-state index is -4.30. The van der Waals surface area contributed by atoms with Gasteiger partial charge in [-0.1, -0.05) is 0 Å². The lowest BCUT2D eigenvalue weighted by atomic mass is 10.1. The highest BCUT2D eigenvalue weighted by molar-refractivity contribution is 5.79. The third-order valence-corrected chi connectivity index (χ3v) is 2.24. The number of carbonyl (C=O) groups is 1. The summed E-state index contributed by atoms with van der Waals surface area (Å²) in [5.41, 5.74) is 0. The van der Waals surface area contributed by atoms with Crippen molar-refractivity contribution in [2.45, 2.75) is 19.1 Å². The van der Waals surface area contributed by atoms with E-state index < -0.39 is 17.3 Å². The van der Waals surface area contributed by atoms with Crippen molar-refractivity contribution in [2.75, 3.05) is 20.1 Å².